The van der Waals surface area contributed by atoms with Crippen LogP contribution in [0.3, 0.4) is 0 Å². The highest BCUT2D eigenvalue weighted by Gasteiger charge is 2.25. The second-order valence-electron chi connectivity index (χ2n) is 12.9. The molecule has 6 aromatic carbocycles. The van der Waals surface area contributed by atoms with E-state index in [1.165, 1.54) is 49.6 Å². The maximum atomic E-state index is 4.48. The van der Waals surface area contributed by atoms with Gasteiger partial charge < -0.3 is 9.88 Å². The van der Waals surface area contributed by atoms with Crippen LogP contribution in [0, 0.1) is 6.92 Å². The molecular formula is C46H43N3. The van der Waals surface area contributed by atoms with E-state index in [9.17, 15) is 0 Å². The van der Waals surface area contributed by atoms with Crippen LogP contribution < -0.4 is 5.32 Å². The molecule has 0 bridgehead atoms. The summed E-state index contributed by atoms with van der Waals surface area (Å²) in [6.45, 7) is 10.8. The van der Waals surface area contributed by atoms with Crippen molar-refractivity contribution in [3.8, 4) is 16.9 Å². The number of aromatic nitrogens is 1. The van der Waals surface area contributed by atoms with Crippen LogP contribution in [-0.4, -0.2) is 11.3 Å². The van der Waals surface area contributed by atoms with Crippen molar-refractivity contribution in [1.29, 1.82) is 0 Å². The number of fused-ring (bicyclic) bond motifs is 3. The molecule has 242 valence electrons. The molecule has 0 aliphatic carbocycles. The lowest BCUT2D eigenvalue weighted by Gasteiger charge is -2.20. The molecule has 1 N–H and O–H groups in total. The molecule has 0 amide bonds. The third kappa shape index (κ3) is 6.33. The Balaban J connectivity index is 1.40. The predicted molar refractivity (Wildman–Crippen MR) is 210 cm³/mol. The van der Waals surface area contributed by atoms with Gasteiger partial charge in [0.1, 0.15) is 6.17 Å². The zero-order valence-electron chi connectivity index (χ0n) is 28.6. The van der Waals surface area contributed by atoms with Crippen LogP contribution in [-0.2, 0) is 6.42 Å². The van der Waals surface area contributed by atoms with Gasteiger partial charge in [-0.05, 0) is 89.2 Å². The van der Waals surface area contributed by atoms with E-state index in [0.717, 1.165) is 35.4 Å². The summed E-state index contributed by atoms with van der Waals surface area (Å²) in [5.41, 5.74) is 12.1. The molecule has 7 aromatic rings. The summed E-state index contributed by atoms with van der Waals surface area (Å²) in [6, 6.07) is 52.1. The summed E-state index contributed by atoms with van der Waals surface area (Å²) < 4.78 is 2.49. The molecule has 2 atom stereocenters. The first-order valence-corrected chi connectivity index (χ1v) is 17.3. The molecule has 0 radical (unpaired) electrons. The Morgan fingerprint density at radius 2 is 1.45 bits per heavy atom. The highest BCUT2D eigenvalue weighted by atomic mass is 15.1. The van der Waals surface area contributed by atoms with E-state index in [0.29, 0.717) is 5.92 Å². The van der Waals surface area contributed by atoms with E-state index >= 15 is 0 Å². The standard InChI is InChI=1S/C46H43N3/c1-5-32(2)43-44-40-23-15-13-19-35(40)27-31-42(44)49(45(43)39-22-14-12-16-33(39)3)38-28-25-36(26-29-38)41(30-24-34-17-8-6-9-18-34)48-46(47-4)37-20-10-7-11-21-37/h6-23,25-32,46,48H,4-5,24H2,1-3H3/b41-30-. The van der Waals surface area contributed by atoms with Crippen molar-refractivity contribution in [2.24, 2.45) is 4.99 Å². The first-order chi connectivity index (χ1) is 24.1. The van der Waals surface area contributed by atoms with Crippen molar-refractivity contribution in [2.75, 3.05) is 0 Å². The average Bonchev–Trinajstić information content (AvgIpc) is 3.51. The van der Waals surface area contributed by atoms with Crippen LogP contribution in [0.1, 0.15) is 60.2 Å². The van der Waals surface area contributed by atoms with Crippen LogP contribution in [0.5, 0.6) is 0 Å². The molecule has 0 saturated heterocycles. The molecule has 49 heavy (non-hydrogen) atoms. The van der Waals surface area contributed by atoms with Crippen LogP contribution in [0.2, 0.25) is 0 Å². The van der Waals surface area contributed by atoms with E-state index < -0.39 is 0 Å². The number of rotatable bonds is 11. The Morgan fingerprint density at radius 3 is 2.16 bits per heavy atom. The lowest BCUT2D eigenvalue weighted by atomic mass is 9.90. The molecular weight excluding hydrogens is 595 g/mol. The number of hydrogen-bond donors (Lipinski definition) is 1. The maximum Gasteiger partial charge on any atom is 0.143 e. The molecule has 0 aliphatic heterocycles. The third-order valence-corrected chi connectivity index (χ3v) is 9.81. The van der Waals surface area contributed by atoms with Gasteiger partial charge in [-0.2, -0.15) is 0 Å². The smallest absolute Gasteiger partial charge is 0.143 e. The summed E-state index contributed by atoms with van der Waals surface area (Å²) in [5, 5.41) is 7.64. The second-order valence-corrected chi connectivity index (χ2v) is 12.9. The quantitative estimate of drug-likeness (QED) is 0.141. The first-order valence-electron chi connectivity index (χ1n) is 17.3. The van der Waals surface area contributed by atoms with Gasteiger partial charge in [0.05, 0.1) is 11.2 Å². The number of nitrogens with zero attached hydrogens (tertiary/aromatic N) is 2. The molecule has 1 aromatic heterocycles. The van der Waals surface area contributed by atoms with Gasteiger partial charge in [-0.15, -0.1) is 0 Å². The summed E-state index contributed by atoms with van der Waals surface area (Å²) in [6.07, 6.45) is 3.86. The van der Waals surface area contributed by atoms with Crippen molar-refractivity contribution in [2.45, 2.75) is 45.7 Å². The lowest BCUT2D eigenvalue weighted by Crippen LogP contribution is -2.18. The minimum absolute atomic E-state index is 0.268. The minimum atomic E-state index is -0.268. The number of allylic oxidation sites excluding steroid dienone is 1. The van der Waals surface area contributed by atoms with Crippen molar-refractivity contribution in [3.05, 3.63) is 179 Å². The minimum Gasteiger partial charge on any atom is -0.360 e. The fourth-order valence-corrected chi connectivity index (χ4v) is 7.05. The van der Waals surface area contributed by atoms with Crippen LogP contribution in [0.4, 0.5) is 0 Å². The van der Waals surface area contributed by atoms with Crippen LogP contribution >= 0.6 is 0 Å². The Labute approximate surface area is 290 Å². The van der Waals surface area contributed by atoms with Crippen molar-refractivity contribution in [3.63, 3.8) is 0 Å². The molecule has 0 spiro atoms. The van der Waals surface area contributed by atoms with Crippen molar-refractivity contribution >= 4 is 34.1 Å². The molecule has 0 fully saturated rings. The van der Waals surface area contributed by atoms with Gasteiger partial charge in [-0.25, -0.2) is 0 Å². The SMILES string of the molecule is C=NC(N/C(=C\Cc1ccccc1)c1ccc(-n2c(-c3ccccc3C)c(C(C)CC)c3c4ccccc4ccc32)cc1)c1ccccc1. The van der Waals surface area contributed by atoms with E-state index in [-0.39, 0.29) is 6.17 Å². The van der Waals surface area contributed by atoms with E-state index in [2.05, 4.69) is 176 Å². The van der Waals surface area contributed by atoms with Crippen molar-refractivity contribution in [1.82, 2.24) is 9.88 Å². The number of aliphatic imine (C=N–C) groups is 1. The molecule has 3 nitrogen and oxygen atoms in total. The van der Waals surface area contributed by atoms with Gasteiger partial charge in [0.2, 0.25) is 0 Å². The molecule has 7 rings (SSSR count). The number of nitrogens with one attached hydrogen (secondary N) is 1. The Morgan fingerprint density at radius 1 is 0.776 bits per heavy atom. The highest BCUT2D eigenvalue weighted by Crippen LogP contribution is 2.45. The Bertz CT molecular complexity index is 2240. The first kappa shape index (κ1) is 31.9. The van der Waals surface area contributed by atoms with Crippen LogP contribution in [0.25, 0.3) is 44.3 Å². The molecule has 0 aliphatic rings. The summed E-state index contributed by atoms with van der Waals surface area (Å²) >= 11 is 0. The van der Waals surface area contributed by atoms with Crippen molar-refractivity contribution < 1.29 is 0 Å². The van der Waals surface area contributed by atoms with E-state index in [1.807, 2.05) is 18.2 Å². The number of hydrogen-bond acceptors (Lipinski definition) is 2. The van der Waals surface area contributed by atoms with Gasteiger partial charge in [-0.3, -0.25) is 4.99 Å². The zero-order chi connectivity index (χ0) is 33.7. The third-order valence-electron chi connectivity index (χ3n) is 9.81. The van der Waals surface area contributed by atoms with Gasteiger partial charge in [0.15, 0.2) is 0 Å². The number of aryl methyl sites for hydroxylation is 1. The topological polar surface area (TPSA) is 29.3 Å². The lowest BCUT2D eigenvalue weighted by molar-refractivity contribution is 0.673. The van der Waals surface area contributed by atoms with Gasteiger partial charge in [-0.1, -0.05) is 147 Å². The Kier molecular flexibility index (Phi) is 9.25. The van der Waals surface area contributed by atoms with Gasteiger partial charge in [0.25, 0.3) is 0 Å². The van der Waals surface area contributed by atoms with E-state index in [4.69, 9.17) is 0 Å². The summed E-state index contributed by atoms with van der Waals surface area (Å²) in [7, 11) is 0. The molecule has 3 heteroatoms. The second kappa shape index (κ2) is 14.2. The average molecular weight is 638 g/mol. The fraction of sp³-hybridized carbons (Fsp3) is 0.152. The molecule has 1 heterocycles. The summed E-state index contributed by atoms with van der Waals surface area (Å²) in [5.74, 6) is 0.376. The Hall–Kier alpha value is -5.67. The largest absolute Gasteiger partial charge is 0.360 e. The zero-order valence-corrected chi connectivity index (χ0v) is 28.6. The van der Waals surface area contributed by atoms with Crippen LogP contribution in [0.15, 0.2) is 157 Å². The predicted octanol–water partition coefficient (Wildman–Crippen LogP) is 11.8. The monoisotopic (exact) mass is 637 g/mol. The maximum absolute atomic E-state index is 4.48. The summed E-state index contributed by atoms with van der Waals surface area (Å²) in [4.78, 5) is 4.48. The normalized spacial score (nSPS) is 13.0. The number of benzene rings is 6. The highest BCUT2D eigenvalue weighted by molar-refractivity contribution is 6.12. The fourth-order valence-electron chi connectivity index (χ4n) is 7.05. The van der Waals surface area contributed by atoms with Gasteiger partial charge in [0, 0.05) is 22.3 Å². The molecule has 0 saturated carbocycles. The van der Waals surface area contributed by atoms with Gasteiger partial charge >= 0.3 is 0 Å². The molecule has 2 unspecified atom stereocenters. The van der Waals surface area contributed by atoms with E-state index in [1.54, 1.807) is 0 Å².